The van der Waals surface area contributed by atoms with E-state index >= 15 is 0 Å². The first-order chi connectivity index (χ1) is 5.84. The average Bonchev–Trinajstić information content (AvgIpc) is 1.98. The summed E-state index contributed by atoms with van der Waals surface area (Å²) in [5.74, 6) is -0.134. The molecule has 0 atom stereocenters. The van der Waals surface area contributed by atoms with Crippen molar-refractivity contribution in [1.29, 1.82) is 0 Å². The number of aromatic nitrogens is 2. The van der Waals surface area contributed by atoms with Crippen LogP contribution in [0, 0.1) is 0 Å². The van der Waals surface area contributed by atoms with Gasteiger partial charge in [0.15, 0.2) is 5.75 Å². The molecule has 1 heterocycles. The smallest absolute Gasteiger partial charge is 0.285 e. The van der Waals surface area contributed by atoms with Crippen molar-refractivity contribution in [2.24, 2.45) is 0 Å². The third-order valence-electron chi connectivity index (χ3n) is 1.54. The van der Waals surface area contributed by atoms with Gasteiger partial charge >= 0.3 is 0 Å². The fourth-order valence-electron chi connectivity index (χ4n) is 0.902. The highest BCUT2D eigenvalue weighted by molar-refractivity contribution is 9.10. The molecule has 0 aliphatic heterocycles. The largest absolute Gasteiger partial charge is 0.505 e. The number of hydrogen-bond donors (Lipinski definition) is 1. The Labute approximate surface area is 84.3 Å². The minimum absolute atomic E-state index is 0.134. The molecule has 4 nitrogen and oxygen atoms in total. The molecule has 1 aromatic rings. The molecule has 5 heteroatoms. The van der Waals surface area contributed by atoms with Crippen LogP contribution in [-0.4, -0.2) is 14.9 Å². The van der Waals surface area contributed by atoms with E-state index in [0.717, 1.165) is 0 Å². The second kappa shape index (κ2) is 3.14. The first-order valence-corrected chi connectivity index (χ1v) is 4.60. The summed E-state index contributed by atoms with van der Waals surface area (Å²) in [5.41, 5.74) is -0.708. The Morgan fingerprint density at radius 1 is 1.54 bits per heavy atom. The number of aromatic hydroxyl groups is 1. The van der Waals surface area contributed by atoms with Crippen LogP contribution in [0.25, 0.3) is 0 Å². The van der Waals surface area contributed by atoms with E-state index in [1.54, 1.807) is 0 Å². The summed E-state index contributed by atoms with van der Waals surface area (Å²) in [4.78, 5) is 11.5. The van der Waals surface area contributed by atoms with Gasteiger partial charge < -0.3 is 5.11 Å². The average molecular weight is 247 g/mol. The van der Waals surface area contributed by atoms with Gasteiger partial charge in [-0.1, -0.05) is 0 Å². The first kappa shape index (κ1) is 10.2. The molecular weight excluding hydrogens is 236 g/mol. The van der Waals surface area contributed by atoms with Gasteiger partial charge in [-0.3, -0.25) is 4.79 Å². The molecule has 0 amide bonds. The standard InChI is InChI=1S/C8H11BrN2O2/c1-8(2,3)11-7(13)6(9)5(12)4-10-11/h4,12H,1-3H3. The lowest BCUT2D eigenvalue weighted by molar-refractivity contribution is 0.330. The highest BCUT2D eigenvalue weighted by Gasteiger charge is 2.18. The lowest BCUT2D eigenvalue weighted by Gasteiger charge is -2.20. The Morgan fingerprint density at radius 3 is 2.54 bits per heavy atom. The van der Waals surface area contributed by atoms with Crippen molar-refractivity contribution in [2.75, 3.05) is 0 Å². The van der Waals surface area contributed by atoms with E-state index in [-0.39, 0.29) is 21.3 Å². The zero-order valence-electron chi connectivity index (χ0n) is 7.71. The Bertz CT molecular complexity index is 379. The van der Waals surface area contributed by atoms with Crippen LogP contribution >= 0.6 is 15.9 Å². The summed E-state index contributed by atoms with van der Waals surface area (Å²) in [7, 11) is 0. The molecule has 0 saturated carbocycles. The molecule has 1 rings (SSSR count). The Balaban J connectivity index is 3.44. The van der Waals surface area contributed by atoms with E-state index < -0.39 is 0 Å². The van der Waals surface area contributed by atoms with E-state index in [2.05, 4.69) is 21.0 Å². The lowest BCUT2D eigenvalue weighted by Crippen LogP contribution is -2.36. The minimum atomic E-state index is -0.382. The molecule has 0 saturated heterocycles. The second-order valence-corrected chi connectivity index (χ2v) is 4.52. The summed E-state index contributed by atoms with van der Waals surface area (Å²) in [6.45, 7) is 5.60. The molecule has 0 spiro atoms. The maximum absolute atomic E-state index is 11.5. The zero-order valence-corrected chi connectivity index (χ0v) is 9.29. The third kappa shape index (κ3) is 1.91. The summed E-state index contributed by atoms with van der Waals surface area (Å²) in [6.07, 6.45) is 1.25. The Kier molecular flexibility index (Phi) is 2.47. The van der Waals surface area contributed by atoms with Gasteiger partial charge in [-0.2, -0.15) is 5.10 Å². The van der Waals surface area contributed by atoms with E-state index in [1.165, 1.54) is 10.9 Å². The molecule has 72 valence electrons. The van der Waals surface area contributed by atoms with Crippen LogP contribution in [0.2, 0.25) is 0 Å². The molecule has 0 aliphatic rings. The number of hydrogen-bond acceptors (Lipinski definition) is 3. The van der Waals surface area contributed by atoms with Crippen LogP contribution in [0.3, 0.4) is 0 Å². The molecule has 0 aromatic carbocycles. The maximum atomic E-state index is 11.5. The number of rotatable bonds is 0. The van der Waals surface area contributed by atoms with Gasteiger partial charge in [0.2, 0.25) is 0 Å². The summed E-state index contributed by atoms with van der Waals surface area (Å²) < 4.78 is 1.47. The first-order valence-electron chi connectivity index (χ1n) is 3.81. The van der Waals surface area contributed by atoms with Crippen LogP contribution in [0.4, 0.5) is 0 Å². The monoisotopic (exact) mass is 246 g/mol. The van der Waals surface area contributed by atoms with Gasteiger partial charge in [-0.05, 0) is 36.7 Å². The van der Waals surface area contributed by atoms with Crippen molar-refractivity contribution < 1.29 is 5.11 Å². The van der Waals surface area contributed by atoms with Crippen molar-refractivity contribution in [1.82, 2.24) is 9.78 Å². The van der Waals surface area contributed by atoms with Crippen LogP contribution in [0.15, 0.2) is 15.5 Å². The molecule has 1 aromatic heterocycles. The molecular formula is C8H11BrN2O2. The molecule has 0 unspecified atom stereocenters. The van der Waals surface area contributed by atoms with Gasteiger partial charge in [-0.25, -0.2) is 4.68 Å². The molecule has 0 radical (unpaired) electrons. The van der Waals surface area contributed by atoms with Gasteiger partial charge in [0, 0.05) is 0 Å². The molecule has 0 aliphatic carbocycles. The molecule has 0 fully saturated rings. The lowest BCUT2D eigenvalue weighted by atomic mass is 10.1. The number of halogens is 1. The van der Waals surface area contributed by atoms with Crippen molar-refractivity contribution in [2.45, 2.75) is 26.3 Å². The highest BCUT2D eigenvalue weighted by atomic mass is 79.9. The van der Waals surface area contributed by atoms with E-state index in [0.29, 0.717) is 0 Å². The van der Waals surface area contributed by atoms with Gasteiger partial charge in [-0.15, -0.1) is 0 Å². The van der Waals surface area contributed by atoms with Crippen molar-refractivity contribution in [3.63, 3.8) is 0 Å². The summed E-state index contributed by atoms with van der Waals surface area (Å²) in [5, 5.41) is 13.0. The van der Waals surface area contributed by atoms with Crippen molar-refractivity contribution >= 4 is 15.9 Å². The van der Waals surface area contributed by atoms with Crippen LogP contribution in [-0.2, 0) is 5.54 Å². The molecule has 1 N–H and O–H groups in total. The quantitative estimate of drug-likeness (QED) is 0.755. The minimum Gasteiger partial charge on any atom is -0.505 e. The highest BCUT2D eigenvalue weighted by Crippen LogP contribution is 2.18. The fraction of sp³-hybridized carbons (Fsp3) is 0.500. The molecule has 0 bridgehead atoms. The SMILES string of the molecule is CC(C)(C)n1ncc(O)c(Br)c1=O. The van der Waals surface area contributed by atoms with E-state index in [1.807, 2.05) is 20.8 Å². The topological polar surface area (TPSA) is 55.1 Å². The Hall–Kier alpha value is -0.840. The molecule has 13 heavy (non-hydrogen) atoms. The van der Waals surface area contributed by atoms with Crippen LogP contribution < -0.4 is 5.56 Å². The predicted octanol–water partition coefficient (Wildman–Crippen LogP) is 1.47. The second-order valence-electron chi connectivity index (χ2n) is 3.73. The van der Waals surface area contributed by atoms with Crippen molar-refractivity contribution in [3.05, 3.63) is 21.0 Å². The summed E-state index contributed by atoms with van der Waals surface area (Å²) in [6, 6.07) is 0. The van der Waals surface area contributed by atoms with Crippen LogP contribution in [0.1, 0.15) is 20.8 Å². The van der Waals surface area contributed by atoms with E-state index in [9.17, 15) is 4.79 Å². The summed E-state index contributed by atoms with van der Waals surface area (Å²) >= 11 is 3.00. The Morgan fingerprint density at radius 2 is 2.08 bits per heavy atom. The van der Waals surface area contributed by atoms with Gasteiger partial charge in [0.05, 0.1) is 11.7 Å². The van der Waals surface area contributed by atoms with E-state index in [4.69, 9.17) is 5.11 Å². The van der Waals surface area contributed by atoms with Gasteiger partial charge in [0.25, 0.3) is 5.56 Å². The van der Waals surface area contributed by atoms with Crippen molar-refractivity contribution in [3.8, 4) is 5.75 Å². The fourth-order valence-corrected chi connectivity index (χ4v) is 1.17. The van der Waals surface area contributed by atoms with Gasteiger partial charge in [0.1, 0.15) is 4.47 Å². The maximum Gasteiger partial charge on any atom is 0.285 e. The zero-order chi connectivity index (χ0) is 10.2. The predicted molar refractivity (Wildman–Crippen MR) is 52.9 cm³/mol. The normalized spacial score (nSPS) is 11.7. The van der Waals surface area contributed by atoms with Crippen LogP contribution in [0.5, 0.6) is 5.75 Å². The third-order valence-corrected chi connectivity index (χ3v) is 2.28. The number of nitrogens with zero attached hydrogens (tertiary/aromatic N) is 2.